The van der Waals surface area contributed by atoms with Gasteiger partial charge in [-0.3, -0.25) is 4.98 Å². The van der Waals surface area contributed by atoms with E-state index in [0.717, 1.165) is 0 Å². The van der Waals surface area contributed by atoms with Crippen LogP contribution in [-0.4, -0.2) is 31.0 Å². The van der Waals surface area contributed by atoms with Gasteiger partial charge in [-0.2, -0.15) is 13.1 Å². The van der Waals surface area contributed by atoms with E-state index in [0.29, 0.717) is 18.7 Å². The van der Waals surface area contributed by atoms with Gasteiger partial charge in [0, 0.05) is 12.7 Å². The standard InChI is InChI=1S/C10H15N3O4S/c1-2-4-12-18(16,17)13-7-9-6-8(10(14)15)3-5-11-9/h3,5-6,12-13H,2,4,7H2,1H3,(H,14,15). The van der Waals surface area contributed by atoms with Crippen LogP contribution in [0.25, 0.3) is 0 Å². The number of carboxylic acid groups (broad SMARTS) is 1. The highest BCUT2D eigenvalue weighted by Gasteiger charge is 2.09. The first-order valence-corrected chi connectivity index (χ1v) is 6.85. The van der Waals surface area contributed by atoms with Crippen LogP contribution in [0.15, 0.2) is 18.3 Å². The van der Waals surface area contributed by atoms with Crippen LogP contribution in [0.3, 0.4) is 0 Å². The Labute approximate surface area is 105 Å². The Morgan fingerprint density at radius 3 is 2.78 bits per heavy atom. The maximum atomic E-state index is 11.4. The second-order valence-corrected chi connectivity index (χ2v) is 5.14. The molecule has 0 aliphatic heterocycles. The molecule has 3 N–H and O–H groups in total. The van der Waals surface area contributed by atoms with Crippen LogP contribution in [0, 0.1) is 0 Å². The molecule has 8 heteroatoms. The minimum Gasteiger partial charge on any atom is -0.478 e. The Bertz CT molecular complexity index is 516. The molecule has 0 fully saturated rings. The number of hydrogen-bond acceptors (Lipinski definition) is 4. The van der Waals surface area contributed by atoms with Crippen LogP contribution >= 0.6 is 0 Å². The zero-order chi connectivity index (χ0) is 13.6. The third-order valence-corrected chi connectivity index (χ3v) is 3.16. The molecule has 0 saturated heterocycles. The monoisotopic (exact) mass is 273 g/mol. The minimum atomic E-state index is -3.56. The van der Waals surface area contributed by atoms with Crippen molar-refractivity contribution in [2.75, 3.05) is 6.54 Å². The van der Waals surface area contributed by atoms with Crippen molar-refractivity contribution in [2.24, 2.45) is 0 Å². The molecule has 0 radical (unpaired) electrons. The zero-order valence-electron chi connectivity index (χ0n) is 9.88. The van der Waals surface area contributed by atoms with E-state index >= 15 is 0 Å². The fraction of sp³-hybridized carbons (Fsp3) is 0.400. The van der Waals surface area contributed by atoms with Crippen LogP contribution < -0.4 is 9.44 Å². The van der Waals surface area contributed by atoms with Gasteiger partial charge in [0.05, 0.1) is 17.8 Å². The summed E-state index contributed by atoms with van der Waals surface area (Å²) in [6, 6.07) is 2.67. The topological polar surface area (TPSA) is 108 Å². The summed E-state index contributed by atoms with van der Waals surface area (Å²) in [5.74, 6) is -1.08. The molecule has 0 bridgehead atoms. The molecule has 0 spiro atoms. The van der Waals surface area contributed by atoms with Crippen molar-refractivity contribution in [3.63, 3.8) is 0 Å². The largest absolute Gasteiger partial charge is 0.478 e. The van der Waals surface area contributed by atoms with Gasteiger partial charge in [0.2, 0.25) is 0 Å². The molecule has 0 saturated carbocycles. The van der Waals surface area contributed by atoms with Crippen LogP contribution in [0.4, 0.5) is 0 Å². The van der Waals surface area contributed by atoms with Gasteiger partial charge in [-0.05, 0) is 18.6 Å². The van der Waals surface area contributed by atoms with Crippen molar-refractivity contribution in [3.05, 3.63) is 29.6 Å². The van der Waals surface area contributed by atoms with Gasteiger partial charge in [0.25, 0.3) is 10.2 Å². The molecule has 0 atom stereocenters. The Hall–Kier alpha value is -1.51. The van der Waals surface area contributed by atoms with Crippen molar-refractivity contribution >= 4 is 16.2 Å². The van der Waals surface area contributed by atoms with E-state index in [1.165, 1.54) is 18.3 Å². The van der Waals surface area contributed by atoms with E-state index in [1.807, 2.05) is 6.92 Å². The van der Waals surface area contributed by atoms with Gasteiger partial charge in [-0.25, -0.2) is 9.52 Å². The van der Waals surface area contributed by atoms with E-state index in [1.54, 1.807) is 0 Å². The second kappa shape index (κ2) is 6.43. The van der Waals surface area contributed by atoms with E-state index in [-0.39, 0.29) is 12.1 Å². The van der Waals surface area contributed by atoms with Crippen LogP contribution in [0.2, 0.25) is 0 Å². The average Bonchev–Trinajstić information content (AvgIpc) is 2.34. The smallest absolute Gasteiger partial charge is 0.335 e. The van der Waals surface area contributed by atoms with Crippen molar-refractivity contribution in [3.8, 4) is 0 Å². The number of carboxylic acids is 1. The molecular formula is C10H15N3O4S. The van der Waals surface area contributed by atoms with Crippen LogP contribution in [0.5, 0.6) is 0 Å². The third-order valence-electron chi connectivity index (χ3n) is 2.05. The van der Waals surface area contributed by atoms with E-state index < -0.39 is 16.2 Å². The molecule has 7 nitrogen and oxygen atoms in total. The maximum absolute atomic E-state index is 11.4. The summed E-state index contributed by atoms with van der Waals surface area (Å²) in [5.41, 5.74) is 0.414. The zero-order valence-corrected chi connectivity index (χ0v) is 10.7. The molecule has 1 aromatic heterocycles. The molecule has 0 aliphatic carbocycles. The summed E-state index contributed by atoms with van der Waals surface area (Å²) in [6.45, 7) is 2.14. The average molecular weight is 273 g/mol. The SMILES string of the molecule is CCCNS(=O)(=O)NCc1cc(C(=O)O)ccn1. The third kappa shape index (κ3) is 4.78. The Morgan fingerprint density at radius 2 is 2.17 bits per heavy atom. The number of pyridine rings is 1. The summed E-state index contributed by atoms with van der Waals surface area (Å²) < 4.78 is 27.4. The highest BCUT2D eigenvalue weighted by Crippen LogP contribution is 2.01. The quantitative estimate of drug-likeness (QED) is 0.653. The summed E-state index contributed by atoms with van der Waals surface area (Å²) in [5, 5.41) is 8.77. The maximum Gasteiger partial charge on any atom is 0.335 e. The van der Waals surface area contributed by atoms with E-state index in [9.17, 15) is 13.2 Å². The van der Waals surface area contributed by atoms with E-state index in [4.69, 9.17) is 5.11 Å². The Kier molecular flexibility index (Phi) is 5.20. The molecule has 0 amide bonds. The number of rotatable bonds is 7. The minimum absolute atomic E-state index is 0.0554. The number of nitrogens with zero attached hydrogens (tertiary/aromatic N) is 1. The Morgan fingerprint density at radius 1 is 1.44 bits per heavy atom. The highest BCUT2D eigenvalue weighted by atomic mass is 32.2. The lowest BCUT2D eigenvalue weighted by molar-refractivity contribution is 0.0696. The number of aromatic carboxylic acids is 1. The molecule has 0 aliphatic rings. The first kappa shape index (κ1) is 14.6. The lowest BCUT2D eigenvalue weighted by atomic mass is 10.2. The number of nitrogens with one attached hydrogen (secondary N) is 2. The van der Waals surface area contributed by atoms with Crippen LogP contribution in [-0.2, 0) is 16.8 Å². The normalized spacial score (nSPS) is 11.4. The lowest BCUT2D eigenvalue weighted by Crippen LogP contribution is -2.36. The molecule has 18 heavy (non-hydrogen) atoms. The van der Waals surface area contributed by atoms with Gasteiger partial charge < -0.3 is 5.11 Å². The van der Waals surface area contributed by atoms with Crippen molar-refractivity contribution < 1.29 is 18.3 Å². The molecule has 0 unspecified atom stereocenters. The fourth-order valence-corrected chi connectivity index (χ4v) is 2.08. The predicted octanol–water partition coefficient (Wildman–Crippen LogP) is 0.114. The number of carbonyl (C=O) groups is 1. The van der Waals surface area contributed by atoms with E-state index in [2.05, 4.69) is 14.4 Å². The molecule has 1 aromatic rings. The van der Waals surface area contributed by atoms with Gasteiger partial charge in [0.1, 0.15) is 0 Å². The molecule has 0 aromatic carbocycles. The number of hydrogen-bond donors (Lipinski definition) is 3. The highest BCUT2D eigenvalue weighted by molar-refractivity contribution is 7.87. The Balaban J connectivity index is 2.63. The van der Waals surface area contributed by atoms with Gasteiger partial charge in [0.15, 0.2) is 0 Å². The number of aromatic nitrogens is 1. The van der Waals surface area contributed by atoms with Crippen molar-refractivity contribution in [1.82, 2.24) is 14.4 Å². The van der Waals surface area contributed by atoms with Crippen molar-refractivity contribution in [1.29, 1.82) is 0 Å². The summed E-state index contributed by atoms with van der Waals surface area (Å²) in [7, 11) is -3.56. The molecular weight excluding hydrogens is 258 g/mol. The van der Waals surface area contributed by atoms with Gasteiger partial charge in [-0.1, -0.05) is 6.92 Å². The molecule has 100 valence electrons. The second-order valence-electron chi connectivity index (χ2n) is 3.56. The first-order chi connectivity index (χ1) is 8.44. The molecule has 1 heterocycles. The predicted molar refractivity (Wildman–Crippen MR) is 65.2 cm³/mol. The van der Waals surface area contributed by atoms with Gasteiger partial charge in [-0.15, -0.1) is 0 Å². The van der Waals surface area contributed by atoms with Gasteiger partial charge >= 0.3 is 5.97 Å². The molecule has 1 rings (SSSR count). The summed E-state index contributed by atoms with van der Waals surface area (Å²) >= 11 is 0. The summed E-state index contributed by atoms with van der Waals surface area (Å²) in [6.07, 6.45) is 2.01. The summed E-state index contributed by atoms with van der Waals surface area (Å²) in [4.78, 5) is 14.6. The fourth-order valence-electron chi connectivity index (χ4n) is 1.16. The van der Waals surface area contributed by atoms with Crippen LogP contribution in [0.1, 0.15) is 29.4 Å². The van der Waals surface area contributed by atoms with Crippen molar-refractivity contribution in [2.45, 2.75) is 19.9 Å². The first-order valence-electron chi connectivity index (χ1n) is 5.37. The lowest BCUT2D eigenvalue weighted by Gasteiger charge is -2.07.